The lowest BCUT2D eigenvalue weighted by Crippen LogP contribution is -1.97. The second-order valence-corrected chi connectivity index (χ2v) is 2.27. The van der Waals surface area contributed by atoms with Crippen LogP contribution in [0.25, 0.3) is 0 Å². The largest absolute Gasteiger partial charge is 0.468 e. The lowest BCUT2D eigenvalue weighted by Gasteiger charge is -2.04. The molecule has 4 heteroatoms. The maximum Gasteiger partial charge on any atom is 0.296 e. The van der Waals surface area contributed by atoms with E-state index < -0.39 is 0 Å². The third-order valence-electron chi connectivity index (χ3n) is 1.18. The first-order chi connectivity index (χ1) is 4.79. The standard InChI is InChI=1S/C6H9ClO3/c1-8-6(9-2)5(7)4-3-10-4/h4H,3H2,1-2H3. The van der Waals surface area contributed by atoms with Gasteiger partial charge in [-0.05, 0) is 0 Å². The smallest absolute Gasteiger partial charge is 0.296 e. The number of halogens is 1. The lowest BCUT2D eigenvalue weighted by atomic mass is 10.4. The van der Waals surface area contributed by atoms with Crippen LogP contribution in [0.1, 0.15) is 0 Å². The molecular formula is C6H9ClO3. The van der Waals surface area contributed by atoms with Crippen molar-refractivity contribution in [1.29, 1.82) is 0 Å². The molecule has 1 heterocycles. The molecular weight excluding hydrogens is 156 g/mol. The van der Waals surface area contributed by atoms with Gasteiger partial charge in [0.05, 0.1) is 20.8 Å². The topological polar surface area (TPSA) is 31.0 Å². The van der Waals surface area contributed by atoms with Crippen LogP contribution in [-0.2, 0) is 14.2 Å². The van der Waals surface area contributed by atoms with Crippen LogP contribution in [-0.4, -0.2) is 26.9 Å². The summed E-state index contributed by atoms with van der Waals surface area (Å²) in [5.74, 6) is 0.337. The summed E-state index contributed by atoms with van der Waals surface area (Å²) in [5.41, 5.74) is 0. The van der Waals surface area contributed by atoms with E-state index in [1.54, 1.807) is 0 Å². The fraction of sp³-hybridized carbons (Fsp3) is 0.667. The molecule has 1 aliphatic rings. The molecule has 0 bridgehead atoms. The second kappa shape index (κ2) is 3.12. The van der Waals surface area contributed by atoms with E-state index in [9.17, 15) is 0 Å². The predicted octanol–water partition coefficient (Wildman–Crippen LogP) is 1.09. The van der Waals surface area contributed by atoms with Crippen LogP contribution < -0.4 is 0 Å². The molecule has 0 amide bonds. The molecule has 1 fully saturated rings. The molecule has 0 aliphatic carbocycles. The van der Waals surface area contributed by atoms with E-state index in [4.69, 9.17) is 25.8 Å². The zero-order chi connectivity index (χ0) is 7.56. The number of ether oxygens (including phenoxy) is 3. The van der Waals surface area contributed by atoms with E-state index in [-0.39, 0.29) is 6.10 Å². The first kappa shape index (κ1) is 7.69. The van der Waals surface area contributed by atoms with Crippen molar-refractivity contribution in [3.8, 4) is 0 Å². The summed E-state index contributed by atoms with van der Waals surface area (Å²) in [6.07, 6.45) is -0.00318. The van der Waals surface area contributed by atoms with Crippen LogP contribution in [0.4, 0.5) is 0 Å². The SMILES string of the molecule is COC(OC)=C(Cl)C1CO1. The van der Waals surface area contributed by atoms with Gasteiger partial charge in [0, 0.05) is 0 Å². The van der Waals surface area contributed by atoms with Gasteiger partial charge >= 0.3 is 0 Å². The molecule has 0 saturated carbocycles. The molecule has 0 aromatic rings. The van der Waals surface area contributed by atoms with Crippen molar-refractivity contribution in [3.63, 3.8) is 0 Å². The quantitative estimate of drug-likeness (QED) is 0.462. The van der Waals surface area contributed by atoms with Gasteiger partial charge in [-0.2, -0.15) is 0 Å². The summed E-state index contributed by atoms with van der Waals surface area (Å²) in [6.45, 7) is 0.662. The van der Waals surface area contributed by atoms with Gasteiger partial charge in [0.15, 0.2) is 0 Å². The van der Waals surface area contributed by atoms with Crippen molar-refractivity contribution in [2.24, 2.45) is 0 Å². The van der Waals surface area contributed by atoms with E-state index in [1.165, 1.54) is 14.2 Å². The Kier molecular flexibility index (Phi) is 2.40. The normalized spacial score (nSPS) is 21.7. The molecule has 0 N–H and O–H groups in total. The minimum atomic E-state index is -0.00318. The van der Waals surface area contributed by atoms with Gasteiger partial charge in [-0.15, -0.1) is 0 Å². The van der Waals surface area contributed by atoms with Gasteiger partial charge in [0.2, 0.25) is 0 Å². The lowest BCUT2D eigenvalue weighted by molar-refractivity contribution is 0.0915. The Bertz CT molecular complexity index is 145. The molecule has 3 nitrogen and oxygen atoms in total. The highest BCUT2D eigenvalue weighted by molar-refractivity contribution is 6.30. The average molecular weight is 165 g/mol. The summed E-state index contributed by atoms with van der Waals surface area (Å²) >= 11 is 5.75. The van der Waals surface area contributed by atoms with Crippen molar-refractivity contribution in [3.05, 3.63) is 11.0 Å². The van der Waals surface area contributed by atoms with Crippen molar-refractivity contribution in [1.82, 2.24) is 0 Å². The monoisotopic (exact) mass is 164 g/mol. The van der Waals surface area contributed by atoms with Crippen molar-refractivity contribution >= 4 is 11.6 Å². The van der Waals surface area contributed by atoms with Gasteiger partial charge in [-0.25, -0.2) is 0 Å². The molecule has 1 aliphatic heterocycles. The van der Waals surface area contributed by atoms with Crippen LogP contribution in [0.3, 0.4) is 0 Å². The molecule has 0 aromatic carbocycles. The molecule has 1 saturated heterocycles. The minimum Gasteiger partial charge on any atom is -0.468 e. The fourth-order valence-electron chi connectivity index (χ4n) is 0.604. The van der Waals surface area contributed by atoms with Gasteiger partial charge in [0.25, 0.3) is 5.95 Å². The number of epoxide rings is 1. The highest BCUT2D eigenvalue weighted by atomic mass is 35.5. The summed E-state index contributed by atoms with van der Waals surface area (Å²) in [7, 11) is 3.01. The maximum atomic E-state index is 5.75. The summed E-state index contributed by atoms with van der Waals surface area (Å²) in [4.78, 5) is 0. The second-order valence-electron chi connectivity index (χ2n) is 1.87. The highest BCUT2D eigenvalue weighted by Crippen LogP contribution is 2.26. The summed E-state index contributed by atoms with van der Waals surface area (Å²) in [5, 5.41) is 0.505. The van der Waals surface area contributed by atoms with Gasteiger partial charge in [-0.3, -0.25) is 0 Å². The molecule has 1 rings (SSSR count). The Labute approximate surface area is 64.5 Å². The zero-order valence-corrected chi connectivity index (χ0v) is 6.64. The average Bonchev–Trinajstić information content (AvgIpc) is 2.71. The molecule has 0 spiro atoms. The maximum absolute atomic E-state index is 5.75. The van der Waals surface area contributed by atoms with Crippen LogP contribution >= 0.6 is 11.6 Å². The molecule has 1 atom stereocenters. The zero-order valence-electron chi connectivity index (χ0n) is 5.89. The van der Waals surface area contributed by atoms with Crippen LogP contribution in [0.15, 0.2) is 11.0 Å². The minimum absolute atomic E-state index is 0.00318. The summed E-state index contributed by atoms with van der Waals surface area (Å²) in [6, 6.07) is 0. The Morgan fingerprint density at radius 2 is 2.00 bits per heavy atom. The van der Waals surface area contributed by atoms with E-state index in [2.05, 4.69) is 0 Å². The first-order valence-electron chi connectivity index (χ1n) is 2.89. The summed E-state index contributed by atoms with van der Waals surface area (Å²) < 4.78 is 14.5. The Morgan fingerprint density at radius 1 is 1.50 bits per heavy atom. The fourth-order valence-corrected chi connectivity index (χ4v) is 0.885. The van der Waals surface area contributed by atoms with Gasteiger partial charge in [0.1, 0.15) is 11.1 Å². The first-order valence-corrected chi connectivity index (χ1v) is 3.26. The van der Waals surface area contributed by atoms with Crippen molar-refractivity contribution < 1.29 is 14.2 Å². The van der Waals surface area contributed by atoms with E-state index in [1.807, 2.05) is 0 Å². The molecule has 0 aromatic heterocycles. The third-order valence-corrected chi connectivity index (χ3v) is 1.58. The van der Waals surface area contributed by atoms with Gasteiger partial charge < -0.3 is 14.2 Å². The Morgan fingerprint density at radius 3 is 2.30 bits per heavy atom. The van der Waals surface area contributed by atoms with Crippen LogP contribution in [0.5, 0.6) is 0 Å². The molecule has 10 heavy (non-hydrogen) atoms. The van der Waals surface area contributed by atoms with E-state index in [0.717, 1.165) is 0 Å². The van der Waals surface area contributed by atoms with E-state index in [0.29, 0.717) is 17.6 Å². The van der Waals surface area contributed by atoms with Gasteiger partial charge in [-0.1, -0.05) is 11.6 Å². The Balaban J connectivity index is 2.58. The predicted molar refractivity (Wildman–Crippen MR) is 36.6 cm³/mol. The van der Waals surface area contributed by atoms with Crippen LogP contribution in [0, 0.1) is 0 Å². The number of hydrogen-bond acceptors (Lipinski definition) is 3. The number of rotatable bonds is 3. The third kappa shape index (κ3) is 1.55. The van der Waals surface area contributed by atoms with E-state index >= 15 is 0 Å². The molecule has 58 valence electrons. The van der Waals surface area contributed by atoms with Crippen LogP contribution in [0.2, 0.25) is 0 Å². The number of hydrogen-bond donors (Lipinski definition) is 0. The molecule has 1 unspecified atom stereocenters. The number of methoxy groups -OCH3 is 2. The Hall–Kier alpha value is -0.410. The molecule has 0 radical (unpaired) electrons. The van der Waals surface area contributed by atoms with Crippen molar-refractivity contribution in [2.75, 3.05) is 20.8 Å². The highest BCUT2D eigenvalue weighted by Gasteiger charge is 2.30. The van der Waals surface area contributed by atoms with Crippen molar-refractivity contribution in [2.45, 2.75) is 6.10 Å².